The summed E-state index contributed by atoms with van der Waals surface area (Å²) in [5.74, 6) is 2.37. The Labute approximate surface area is 215 Å². The van der Waals surface area contributed by atoms with Crippen molar-refractivity contribution in [3.63, 3.8) is 0 Å². The fourth-order valence-electron chi connectivity index (χ4n) is 3.81. The van der Waals surface area contributed by atoms with Gasteiger partial charge in [0, 0.05) is 15.6 Å². The summed E-state index contributed by atoms with van der Waals surface area (Å²) in [4.78, 5) is 31.7. The van der Waals surface area contributed by atoms with Crippen LogP contribution in [0.1, 0.15) is 31.0 Å². The van der Waals surface area contributed by atoms with Crippen molar-refractivity contribution in [3.05, 3.63) is 94.6 Å². The van der Waals surface area contributed by atoms with Crippen molar-refractivity contribution in [2.45, 2.75) is 19.9 Å². The van der Waals surface area contributed by atoms with Crippen LogP contribution < -0.4 is 19.6 Å². The molecule has 1 aromatic heterocycles. The summed E-state index contributed by atoms with van der Waals surface area (Å²) in [5, 5.41) is 0.898. The zero-order chi connectivity index (χ0) is 25.1. The van der Waals surface area contributed by atoms with Gasteiger partial charge in [-0.3, -0.25) is 9.36 Å². The molecule has 35 heavy (non-hydrogen) atoms. The topological polar surface area (TPSA) is 69.9 Å². The largest absolute Gasteiger partial charge is 0.480 e. The van der Waals surface area contributed by atoms with Gasteiger partial charge in [-0.2, -0.15) is 0 Å². The number of benzene rings is 2. The van der Waals surface area contributed by atoms with E-state index < -0.39 is 12.0 Å². The smallest absolute Gasteiger partial charge is 0.338 e. The van der Waals surface area contributed by atoms with Crippen molar-refractivity contribution in [2.24, 2.45) is 4.99 Å². The lowest BCUT2D eigenvalue weighted by Crippen LogP contribution is -2.40. The number of nitrogens with zero attached hydrogens (tertiary/aromatic N) is 2. The molecule has 1 aliphatic rings. The highest BCUT2D eigenvalue weighted by molar-refractivity contribution is 7.07. The minimum Gasteiger partial charge on any atom is -0.480 e. The fraction of sp³-hybridized carbons (Fsp3) is 0.192. The van der Waals surface area contributed by atoms with Gasteiger partial charge >= 0.3 is 5.97 Å². The molecule has 0 fully saturated rings. The van der Waals surface area contributed by atoms with Crippen molar-refractivity contribution in [2.75, 3.05) is 13.2 Å². The standard InChI is InChI=1S/C26H20Cl2N2O4S/c1-4-12-34-20-11-10-17(27)13-16(20)14-21-24(31)30-23(18-8-6-7-9-19(18)28)22(25(32)33-5-2)15(3)29-26(30)35-21/h1,6-11,13-14,23H,5,12H2,2-3H3/b21-14-/t23-/m1/s1. The van der Waals surface area contributed by atoms with Gasteiger partial charge in [-0.05, 0) is 49.8 Å². The Morgan fingerprint density at radius 1 is 1.29 bits per heavy atom. The third-order valence-corrected chi connectivity index (χ3v) is 6.85. The fourth-order valence-corrected chi connectivity index (χ4v) is 5.26. The number of hydrogen-bond acceptors (Lipinski definition) is 6. The van der Waals surface area contributed by atoms with Crippen molar-refractivity contribution in [3.8, 4) is 18.1 Å². The number of esters is 1. The molecule has 0 aliphatic carbocycles. The van der Waals surface area contributed by atoms with Crippen LogP contribution in [-0.2, 0) is 9.53 Å². The molecule has 2 heterocycles. The van der Waals surface area contributed by atoms with Crippen LogP contribution in [0.2, 0.25) is 10.0 Å². The van der Waals surface area contributed by atoms with Crippen LogP contribution in [0.5, 0.6) is 5.75 Å². The van der Waals surface area contributed by atoms with E-state index in [1.54, 1.807) is 62.4 Å². The lowest BCUT2D eigenvalue weighted by Gasteiger charge is -2.25. The van der Waals surface area contributed by atoms with Gasteiger partial charge in [0.2, 0.25) is 0 Å². The molecule has 0 N–H and O–H groups in total. The number of carbonyl (C=O) groups excluding carboxylic acids is 1. The first-order chi connectivity index (χ1) is 16.8. The highest BCUT2D eigenvalue weighted by Gasteiger charge is 2.34. The minimum atomic E-state index is -0.794. The molecule has 1 aliphatic heterocycles. The van der Waals surface area contributed by atoms with Gasteiger partial charge in [0.1, 0.15) is 18.4 Å². The van der Waals surface area contributed by atoms with Gasteiger partial charge in [-0.25, -0.2) is 9.79 Å². The van der Waals surface area contributed by atoms with Gasteiger partial charge in [-0.15, -0.1) is 6.42 Å². The number of carbonyl (C=O) groups is 1. The maximum absolute atomic E-state index is 13.7. The zero-order valence-electron chi connectivity index (χ0n) is 18.9. The number of thiazole rings is 1. The predicted octanol–water partition coefficient (Wildman–Crippen LogP) is 4.12. The molecule has 0 unspecified atom stereocenters. The molecule has 0 bridgehead atoms. The summed E-state index contributed by atoms with van der Waals surface area (Å²) in [5.41, 5.74) is 1.58. The molecule has 178 valence electrons. The van der Waals surface area contributed by atoms with Crippen LogP contribution in [0.3, 0.4) is 0 Å². The van der Waals surface area contributed by atoms with Crippen molar-refractivity contribution < 1.29 is 14.3 Å². The number of terminal acetylenes is 1. The molecule has 9 heteroatoms. The Kier molecular flexibility index (Phi) is 7.46. The molecule has 0 saturated heterocycles. The molecular formula is C26H20Cl2N2O4S. The average Bonchev–Trinajstić information content (AvgIpc) is 3.12. The molecule has 2 aromatic carbocycles. The van der Waals surface area contributed by atoms with E-state index in [0.717, 1.165) is 0 Å². The van der Waals surface area contributed by atoms with Gasteiger partial charge in [-0.1, -0.05) is 58.7 Å². The molecule has 6 nitrogen and oxygen atoms in total. The van der Waals surface area contributed by atoms with Crippen molar-refractivity contribution >= 4 is 46.6 Å². The van der Waals surface area contributed by atoms with Crippen molar-refractivity contribution in [1.82, 2.24) is 4.57 Å². The van der Waals surface area contributed by atoms with E-state index in [-0.39, 0.29) is 24.3 Å². The molecule has 0 amide bonds. The van der Waals surface area contributed by atoms with Gasteiger partial charge in [0.15, 0.2) is 4.80 Å². The number of fused-ring (bicyclic) bond motifs is 1. The van der Waals surface area contributed by atoms with Crippen LogP contribution in [0.15, 0.2) is 63.5 Å². The Morgan fingerprint density at radius 2 is 2.06 bits per heavy atom. The minimum absolute atomic E-state index is 0.0678. The summed E-state index contributed by atoms with van der Waals surface area (Å²) in [6, 6.07) is 11.3. The average molecular weight is 527 g/mol. The second-order valence-electron chi connectivity index (χ2n) is 7.50. The Balaban J connectivity index is 1.97. The summed E-state index contributed by atoms with van der Waals surface area (Å²) >= 11 is 13.9. The summed E-state index contributed by atoms with van der Waals surface area (Å²) in [6.45, 7) is 3.69. The van der Waals surface area contributed by atoms with E-state index in [4.69, 9.17) is 39.1 Å². The summed E-state index contributed by atoms with van der Waals surface area (Å²) in [7, 11) is 0. The quantitative estimate of drug-likeness (QED) is 0.358. The van der Waals surface area contributed by atoms with Crippen molar-refractivity contribution in [1.29, 1.82) is 0 Å². The van der Waals surface area contributed by atoms with Crippen LogP contribution in [0, 0.1) is 12.3 Å². The maximum atomic E-state index is 13.7. The van der Waals surface area contributed by atoms with E-state index in [1.165, 1.54) is 15.9 Å². The van der Waals surface area contributed by atoms with E-state index in [0.29, 0.717) is 42.0 Å². The molecule has 0 spiro atoms. The van der Waals surface area contributed by atoms with Gasteiger partial charge in [0.05, 0.1) is 22.4 Å². The van der Waals surface area contributed by atoms with Crippen LogP contribution >= 0.6 is 34.5 Å². The normalized spacial score (nSPS) is 15.3. The monoisotopic (exact) mass is 526 g/mol. The maximum Gasteiger partial charge on any atom is 0.338 e. The molecule has 3 aromatic rings. The van der Waals surface area contributed by atoms with Gasteiger partial charge < -0.3 is 9.47 Å². The van der Waals surface area contributed by atoms with Crippen LogP contribution in [-0.4, -0.2) is 23.8 Å². The molecule has 4 rings (SSSR count). The number of halogens is 2. The predicted molar refractivity (Wildman–Crippen MR) is 138 cm³/mol. The molecule has 0 saturated carbocycles. The second-order valence-corrected chi connectivity index (χ2v) is 9.35. The second kappa shape index (κ2) is 10.5. The lowest BCUT2D eigenvalue weighted by atomic mass is 9.96. The Hall–Kier alpha value is -3.31. The van der Waals surface area contributed by atoms with E-state index in [1.807, 2.05) is 0 Å². The summed E-state index contributed by atoms with van der Waals surface area (Å²) < 4.78 is 12.8. The first kappa shape index (κ1) is 24.8. The first-order valence-electron chi connectivity index (χ1n) is 10.7. The third-order valence-electron chi connectivity index (χ3n) is 5.29. The molecule has 1 atom stereocenters. The van der Waals surface area contributed by atoms with E-state index in [2.05, 4.69) is 10.9 Å². The van der Waals surface area contributed by atoms with Crippen LogP contribution in [0.25, 0.3) is 6.08 Å². The van der Waals surface area contributed by atoms with Gasteiger partial charge in [0.25, 0.3) is 5.56 Å². The first-order valence-corrected chi connectivity index (χ1v) is 12.2. The molecular weight excluding hydrogens is 507 g/mol. The number of ether oxygens (including phenoxy) is 2. The van der Waals surface area contributed by atoms with E-state index in [9.17, 15) is 9.59 Å². The zero-order valence-corrected chi connectivity index (χ0v) is 21.2. The third kappa shape index (κ3) is 4.92. The Morgan fingerprint density at radius 3 is 2.77 bits per heavy atom. The number of aromatic nitrogens is 1. The molecule has 0 radical (unpaired) electrons. The lowest BCUT2D eigenvalue weighted by molar-refractivity contribution is -0.139. The highest BCUT2D eigenvalue weighted by atomic mass is 35.5. The number of rotatable bonds is 6. The summed E-state index contributed by atoms with van der Waals surface area (Å²) in [6.07, 6.45) is 7.00. The number of allylic oxidation sites excluding steroid dienone is 1. The Bertz CT molecular complexity index is 1560. The van der Waals surface area contributed by atoms with Crippen LogP contribution in [0.4, 0.5) is 0 Å². The highest BCUT2D eigenvalue weighted by Crippen LogP contribution is 2.34. The van der Waals surface area contributed by atoms with E-state index >= 15 is 0 Å². The SMILES string of the molecule is C#CCOc1ccc(Cl)cc1/C=c1\sc2n(c1=O)[C@H](c1ccccc1Cl)C(C(=O)OCC)=C(C)N=2. The number of hydrogen-bond donors (Lipinski definition) is 0.